The van der Waals surface area contributed by atoms with E-state index in [1.54, 1.807) is 0 Å². The molecular weight excluding hydrogens is 330 g/mol. The van der Waals surface area contributed by atoms with Gasteiger partial charge in [0.05, 0.1) is 12.0 Å². The summed E-state index contributed by atoms with van der Waals surface area (Å²) >= 11 is 0. The topological polar surface area (TPSA) is 56.8 Å². The highest BCUT2D eigenvalue weighted by Crippen LogP contribution is 2.34. The van der Waals surface area contributed by atoms with Crippen LogP contribution in [0, 0.1) is 5.41 Å². The summed E-state index contributed by atoms with van der Waals surface area (Å²) in [6.45, 7) is 16.7. The molecular formula is C21H33NO4. The van der Waals surface area contributed by atoms with Gasteiger partial charge < -0.3 is 19.5 Å². The Morgan fingerprint density at radius 1 is 1.23 bits per heavy atom. The third-order valence-electron chi connectivity index (χ3n) is 4.07. The fourth-order valence-electron chi connectivity index (χ4n) is 2.49. The normalized spacial score (nSPS) is 17.8. The van der Waals surface area contributed by atoms with Gasteiger partial charge in [-0.05, 0) is 59.2 Å². The minimum absolute atomic E-state index is 0.0726. The summed E-state index contributed by atoms with van der Waals surface area (Å²) in [4.78, 5) is 12.4. The van der Waals surface area contributed by atoms with Gasteiger partial charge in [-0.15, -0.1) is 0 Å². The standard InChI is InChI=1S/C21H33NO4/c1-19(2,3)18(23)25-17(12-22-20(4,5)6)14-9-10-16-15(11-14)13-24-21(7,8)26-16/h9-11,17,22H,12-13H2,1-8H3/t17-/m0/s1. The van der Waals surface area contributed by atoms with Crippen LogP contribution >= 0.6 is 0 Å². The van der Waals surface area contributed by atoms with Gasteiger partial charge in [0.25, 0.3) is 0 Å². The van der Waals surface area contributed by atoms with Crippen molar-refractivity contribution in [1.29, 1.82) is 0 Å². The smallest absolute Gasteiger partial charge is 0.311 e. The average Bonchev–Trinajstić information content (AvgIpc) is 2.48. The highest BCUT2D eigenvalue weighted by Gasteiger charge is 2.30. The quantitative estimate of drug-likeness (QED) is 0.806. The molecule has 0 saturated carbocycles. The maximum absolute atomic E-state index is 12.4. The lowest BCUT2D eigenvalue weighted by Crippen LogP contribution is -2.40. The minimum Gasteiger partial charge on any atom is -0.463 e. The lowest BCUT2D eigenvalue weighted by Gasteiger charge is -2.33. The van der Waals surface area contributed by atoms with Gasteiger partial charge in [0.2, 0.25) is 5.79 Å². The molecule has 26 heavy (non-hydrogen) atoms. The van der Waals surface area contributed by atoms with E-state index in [1.807, 2.05) is 52.8 Å². The highest BCUT2D eigenvalue weighted by atomic mass is 16.7. The van der Waals surface area contributed by atoms with E-state index in [2.05, 4.69) is 26.1 Å². The number of carbonyl (C=O) groups excluding carboxylic acids is 1. The summed E-state index contributed by atoms with van der Waals surface area (Å²) < 4.78 is 17.4. The Morgan fingerprint density at radius 3 is 2.46 bits per heavy atom. The van der Waals surface area contributed by atoms with Crippen LogP contribution in [-0.4, -0.2) is 23.8 Å². The zero-order valence-electron chi connectivity index (χ0n) is 17.4. The number of hydrogen-bond donors (Lipinski definition) is 1. The van der Waals surface area contributed by atoms with Crippen molar-refractivity contribution in [1.82, 2.24) is 5.32 Å². The van der Waals surface area contributed by atoms with E-state index < -0.39 is 11.2 Å². The second-order valence-corrected chi connectivity index (χ2v) is 9.43. The van der Waals surface area contributed by atoms with Crippen LogP contribution in [0.15, 0.2) is 18.2 Å². The van der Waals surface area contributed by atoms with Crippen molar-refractivity contribution < 1.29 is 19.0 Å². The lowest BCUT2D eigenvalue weighted by molar-refractivity contribution is -0.180. The van der Waals surface area contributed by atoms with E-state index in [4.69, 9.17) is 14.2 Å². The Morgan fingerprint density at radius 2 is 1.88 bits per heavy atom. The van der Waals surface area contributed by atoms with Crippen LogP contribution in [-0.2, 0) is 20.9 Å². The van der Waals surface area contributed by atoms with Gasteiger partial charge in [-0.1, -0.05) is 6.07 Å². The molecule has 2 rings (SSSR count). The van der Waals surface area contributed by atoms with Gasteiger partial charge in [0, 0.05) is 31.5 Å². The maximum atomic E-state index is 12.4. The summed E-state index contributed by atoms with van der Waals surface area (Å²) in [6.07, 6.45) is -0.374. The number of rotatable bonds is 4. The van der Waals surface area contributed by atoms with Crippen molar-refractivity contribution in [2.24, 2.45) is 5.41 Å². The number of fused-ring (bicyclic) bond motifs is 1. The predicted octanol–water partition coefficient (Wildman–Crippen LogP) is 4.35. The Kier molecular flexibility index (Phi) is 5.74. The van der Waals surface area contributed by atoms with E-state index in [-0.39, 0.29) is 17.6 Å². The third kappa shape index (κ3) is 5.71. The second-order valence-electron chi connectivity index (χ2n) is 9.43. The van der Waals surface area contributed by atoms with Crippen LogP contribution in [0.1, 0.15) is 72.6 Å². The first-order valence-corrected chi connectivity index (χ1v) is 9.19. The Balaban J connectivity index is 2.25. The fourth-order valence-corrected chi connectivity index (χ4v) is 2.49. The van der Waals surface area contributed by atoms with Gasteiger partial charge in [0.15, 0.2) is 0 Å². The number of esters is 1. The van der Waals surface area contributed by atoms with Crippen LogP contribution in [0.4, 0.5) is 0 Å². The summed E-state index contributed by atoms with van der Waals surface area (Å²) in [5, 5.41) is 3.43. The predicted molar refractivity (Wildman–Crippen MR) is 102 cm³/mol. The molecule has 0 bridgehead atoms. The van der Waals surface area contributed by atoms with Crippen molar-refractivity contribution in [2.45, 2.75) is 79.4 Å². The van der Waals surface area contributed by atoms with Crippen molar-refractivity contribution in [2.75, 3.05) is 6.54 Å². The van der Waals surface area contributed by atoms with E-state index in [0.717, 1.165) is 16.9 Å². The van der Waals surface area contributed by atoms with E-state index in [9.17, 15) is 4.79 Å². The molecule has 0 aliphatic carbocycles. The number of benzene rings is 1. The molecule has 1 aliphatic heterocycles. The Bertz CT molecular complexity index is 653. The van der Waals surface area contributed by atoms with Crippen LogP contribution in [0.2, 0.25) is 0 Å². The molecule has 1 heterocycles. The molecule has 0 fully saturated rings. The molecule has 1 aromatic rings. The summed E-state index contributed by atoms with van der Waals surface area (Å²) in [5.74, 6) is -0.0281. The number of carbonyl (C=O) groups is 1. The van der Waals surface area contributed by atoms with E-state index >= 15 is 0 Å². The summed E-state index contributed by atoms with van der Waals surface area (Å²) in [5.41, 5.74) is 1.28. The van der Waals surface area contributed by atoms with Crippen LogP contribution in [0.25, 0.3) is 0 Å². The molecule has 0 unspecified atom stereocenters. The minimum atomic E-state index is -0.625. The van der Waals surface area contributed by atoms with E-state index in [0.29, 0.717) is 13.2 Å². The van der Waals surface area contributed by atoms with Crippen LogP contribution < -0.4 is 10.1 Å². The van der Waals surface area contributed by atoms with Crippen molar-refractivity contribution in [3.63, 3.8) is 0 Å². The molecule has 0 aromatic heterocycles. The molecule has 1 atom stereocenters. The molecule has 0 saturated heterocycles. The fraction of sp³-hybridized carbons (Fsp3) is 0.667. The SMILES string of the molecule is CC(C)(C)NC[C@H](OC(=O)C(C)(C)C)c1ccc2c(c1)COC(C)(C)O2. The molecule has 1 N–H and O–H groups in total. The van der Waals surface area contributed by atoms with Crippen molar-refractivity contribution in [3.05, 3.63) is 29.3 Å². The van der Waals surface area contributed by atoms with Gasteiger partial charge in [-0.25, -0.2) is 0 Å². The zero-order chi connectivity index (χ0) is 19.8. The van der Waals surface area contributed by atoms with Gasteiger partial charge in [-0.3, -0.25) is 4.79 Å². The number of ether oxygens (including phenoxy) is 3. The van der Waals surface area contributed by atoms with Gasteiger partial charge in [-0.2, -0.15) is 0 Å². The van der Waals surface area contributed by atoms with Crippen molar-refractivity contribution >= 4 is 5.97 Å². The van der Waals surface area contributed by atoms with E-state index in [1.165, 1.54) is 0 Å². The zero-order valence-corrected chi connectivity index (χ0v) is 17.4. The summed E-state index contributed by atoms with van der Waals surface area (Å²) in [7, 11) is 0. The first kappa shape index (κ1) is 20.7. The highest BCUT2D eigenvalue weighted by molar-refractivity contribution is 5.75. The van der Waals surface area contributed by atoms with Gasteiger partial charge >= 0.3 is 5.97 Å². The molecule has 0 radical (unpaired) electrons. The second kappa shape index (κ2) is 7.20. The van der Waals surface area contributed by atoms with Gasteiger partial charge in [0.1, 0.15) is 11.9 Å². The Hall–Kier alpha value is -1.59. The van der Waals surface area contributed by atoms with Crippen LogP contribution in [0.3, 0.4) is 0 Å². The molecule has 146 valence electrons. The molecule has 0 spiro atoms. The first-order valence-electron chi connectivity index (χ1n) is 9.19. The maximum Gasteiger partial charge on any atom is 0.311 e. The molecule has 0 amide bonds. The molecule has 1 aliphatic rings. The van der Waals surface area contributed by atoms with Crippen molar-refractivity contribution in [3.8, 4) is 5.75 Å². The lowest BCUT2D eigenvalue weighted by atomic mass is 9.96. The monoisotopic (exact) mass is 363 g/mol. The largest absolute Gasteiger partial charge is 0.463 e. The Labute approximate surface area is 157 Å². The first-order chi connectivity index (χ1) is 11.8. The number of hydrogen-bond acceptors (Lipinski definition) is 5. The third-order valence-corrected chi connectivity index (χ3v) is 4.07. The summed E-state index contributed by atoms with van der Waals surface area (Å²) in [6, 6.07) is 5.91. The molecule has 5 nitrogen and oxygen atoms in total. The number of nitrogens with one attached hydrogen (secondary N) is 1. The average molecular weight is 363 g/mol. The molecule has 1 aromatic carbocycles. The van der Waals surface area contributed by atoms with Crippen LogP contribution in [0.5, 0.6) is 5.75 Å². The molecule has 5 heteroatoms.